The van der Waals surface area contributed by atoms with Crippen LogP contribution in [0.25, 0.3) is 0 Å². The zero-order valence-corrected chi connectivity index (χ0v) is 27.3. The van der Waals surface area contributed by atoms with Crippen LogP contribution in [0.3, 0.4) is 0 Å². The van der Waals surface area contributed by atoms with E-state index in [1.54, 1.807) is 0 Å². The fraction of sp³-hybridized carbons (Fsp3) is 0.200. The van der Waals surface area contributed by atoms with Gasteiger partial charge in [0.25, 0.3) is 0 Å². The van der Waals surface area contributed by atoms with Gasteiger partial charge in [-0.25, -0.2) is 25.6 Å². The van der Waals surface area contributed by atoms with Crippen molar-refractivity contribution in [1.82, 2.24) is 0 Å². The molecular weight excluding hydrogens is 721 g/mol. The summed E-state index contributed by atoms with van der Waals surface area (Å²) in [6.07, 6.45) is -0.136. The molecule has 0 atom stereocenters. The predicted octanol–water partition coefficient (Wildman–Crippen LogP) is 7.78. The van der Waals surface area contributed by atoms with Crippen molar-refractivity contribution in [1.29, 1.82) is 0 Å². The summed E-state index contributed by atoms with van der Waals surface area (Å²) in [7, 11) is -7.40. The summed E-state index contributed by atoms with van der Waals surface area (Å²) >= 11 is 0. The first kappa shape index (κ1) is 33.9. The molecule has 0 bridgehead atoms. The first-order valence-corrected chi connectivity index (χ1v) is 19.0. The van der Waals surface area contributed by atoms with Crippen LogP contribution in [0, 0.1) is 43.5 Å². The smallest absolute Gasteiger partial charge is 0.258 e. The van der Waals surface area contributed by atoms with Gasteiger partial charge < -0.3 is 0 Å². The van der Waals surface area contributed by atoms with Crippen LogP contribution in [0.2, 0.25) is 0 Å². The molecular formula is C30H20F4N2O8S4. The Labute approximate surface area is 278 Å². The normalized spacial score (nSPS) is 16.3. The average Bonchev–Trinajstić information content (AvgIpc) is 3.96. The number of rotatable bonds is 11. The Bertz CT molecular complexity index is 2100. The van der Waals surface area contributed by atoms with Crippen molar-refractivity contribution >= 4 is 52.6 Å². The van der Waals surface area contributed by atoms with Gasteiger partial charge >= 0.3 is 11.4 Å². The Balaban J connectivity index is 1.21. The second-order valence-electron chi connectivity index (χ2n) is 11.1. The second-order valence-corrected chi connectivity index (χ2v) is 17.9. The molecule has 4 aromatic carbocycles. The highest BCUT2D eigenvalue weighted by atomic mass is 33.1. The van der Waals surface area contributed by atoms with E-state index in [-0.39, 0.29) is 46.6 Å². The third-order valence-electron chi connectivity index (χ3n) is 8.42. The lowest BCUT2D eigenvalue weighted by molar-refractivity contribution is -0.387. The number of halogens is 4. The largest absolute Gasteiger partial charge is 0.305 e. The van der Waals surface area contributed by atoms with E-state index in [2.05, 4.69) is 0 Å². The molecule has 0 aliphatic heterocycles. The van der Waals surface area contributed by atoms with Gasteiger partial charge in [-0.3, -0.25) is 20.2 Å². The highest BCUT2D eigenvalue weighted by Gasteiger charge is 2.59. The van der Waals surface area contributed by atoms with Gasteiger partial charge in [-0.1, -0.05) is 24.3 Å². The minimum absolute atomic E-state index is 0.0340. The number of hydrogen-bond donors (Lipinski definition) is 0. The molecule has 10 nitrogen and oxygen atoms in total. The lowest BCUT2D eigenvalue weighted by Crippen LogP contribution is -2.23. The van der Waals surface area contributed by atoms with Crippen molar-refractivity contribution in [2.24, 2.45) is 0 Å². The van der Waals surface area contributed by atoms with Crippen LogP contribution in [-0.4, -0.2) is 26.7 Å². The van der Waals surface area contributed by atoms with Gasteiger partial charge in [0.1, 0.15) is 21.1 Å². The summed E-state index contributed by atoms with van der Waals surface area (Å²) in [6.45, 7) is 0. The monoisotopic (exact) mass is 740 g/mol. The molecule has 250 valence electrons. The van der Waals surface area contributed by atoms with E-state index < -0.39 is 83.4 Å². The first-order valence-electron chi connectivity index (χ1n) is 13.9. The topological polar surface area (TPSA) is 155 Å². The van der Waals surface area contributed by atoms with Crippen molar-refractivity contribution in [3.8, 4) is 0 Å². The van der Waals surface area contributed by atoms with Gasteiger partial charge in [-0.2, -0.15) is 8.78 Å². The molecule has 2 fully saturated rings. The molecule has 0 spiro atoms. The molecule has 0 saturated heterocycles. The maximum atomic E-state index is 15.2. The van der Waals surface area contributed by atoms with Gasteiger partial charge in [0, 0.05) is 23.3 Å². The molecule has 2 saturated carbocycles. The Morgan fingerprint density at radius 1 is 0.583 bits per heavy atom. The highest BCUT2D eigenvalue weighted by Crippen LogP contribution is 2.58. The fourth-order valence-electron chi connectivity index (χ4n) is 5.59. The molecule has 0 heterocycles. The number of nitro benzene ring substituents is 2. The summed E-state index contributed by atoms with van der Waals surface area (Å²) in [5.41, 5.74) is -2.53. The molecule has 0 aromatic heterocycles. The zero-order chi connectivity index (χ0) is 34.8. The van der Waals surface area contributed by atoms with Crippen molar-refractivity contribution in [3.05, 3.63) is 127 Å². The number of sulfone groups is 2. The van der Waals surface area contributed by atoms with E-state index in [1.807, 2.05) is 0 Å². The maximum absolute atomic E-state index is 15.2. The van der Waals surface area contributed by atoms with Crippen LogP contribution in [0.5, 0.6) is 0 Å². The van der Waals surface area contributed by atoms with Crippen LogP contribution < -0.4 is 0 Å². The zero-order valence-electron chi connectivity index (χ0n) is 24.1. The van der Waals surface area contributed by atoms with Gasteiger partial charge in [-0.15, -0.1) is 0 Å². The molecule has 18 heteroatoms. The quantitative estimate of drug-likeness (QED) is 0.0644. The molecule has 0 radical (unpaired) electrons. The number of hydrogen-bond acceptors (Lipinski definition) is 10. The van der Waals surface area contributed by atoms with Crippen LogP contribution in [0.15, 0.2) is 92.4 Å². The Morgan fingerprint density at radius 3 is 1.23 bits per heavy atom. The van der Waals surface area contributed by atoms with Gasteiger partial charge in [0.15, 0.2) is 19.7 Å². The third kappa shape index (κ3) is 5.34. The van der Waals surface area contributed by atoms with E-state index >= 15 is 8.78 Å². The van der Waals surface area contributed by atoms with Gasteiger partial charge in [0.2, 0.25) is 11.6 Å². The fourth-order valence-corrected chi connectivity index (χ4v) is 11.7. The lowest BCUT2D eigenvalue weighted by Gasteiger charge is -2.18. The van der Waals surface area contributed by atoms with Crippen LogP contribution in [0.1, 0.15) is 36.8 Å². The summed E-state index contributed by atoms with van der Waals surface area (Å²) in [6, 6.07) is 12.3. The van der Waals surface area contributed by atoms with Gasteiger partial charge in [-0.05, 0) is 83.7 Å². The van der Waals surface area contributed by atoms with Crippen LogP contribution >= 0.6 is 21.6 Å². The first-order chi connectivity index (χ1) is 22.6. The van der Waals surface area contributed by atoms with Crippen LogP contribution in [-0.2, 0) is 29.2 Å². The minimum Gasteiger partial charge on any atom is -0.258 e. The van der Waals surface area contributed by atoms with E-state index in [1.165, 1.54) is 12.1 Å². The van der Waals surface area contributed by atoms with Crippen molar-refractivity contribution in [2.45, 2.75) is 54.8 Å². The Morgan fingerprint density at radius 2 is 0.938 bits per heavy atom. The molecule has 0 amide bonds. The van der Waals surface area contributed by atoms with Crippen molar-refractivity contribution in [3.63, 3.8) is 0 Å². The third-order valence-corrected chi connectivity index (χ3v) is 15.9. The molecule has 0 N–H and O–H groups in total. The van der Waals surface area contributed by atoms with E-state index in [9.17, 15) is 45.8 Å². The second kappa shape index (κ2) is 11.9. The van der Waals surface area contributed by atoms with Crippen molar-refractivity contribution < 1.29 is 44.2 Å². The molecule has 2 aliphatic rings. The van der Waals surface area contributed by atoms with Crippen LogP contribution in [0.4, 0.5) is 28.9 Å². The predicted molar refractivity (Wildman–Crippen MR) is 167 cm³/mol. The summed E-state index contributed by atoms with van der Waals surface area (Å²) in [5.74, 6) is -4.56. The van der Waals surface area contributed by atoms with E-state index in [0.717, 1.165) is 60.7 Å². The summed E-state index contributed by atoms with van der Waals surface area (Å²) in [4.78, 5) is 19.3. The molecule has 6 rings (SSSR count). The summed E-state index contributed by atoms with van der Waals surface area (Å²) < 4.78 is 111. The number of nitrogens with zero attached hydrogens (tertiary/aromatic N) is 2. The SMILES string of the molecule is O=[N+]([O-])c1cccc(C2(S(=O)(=O)c3ccc(SSc4ccc(S(=O)(=O)C5(c6cccc([N+](=O)[O-])c6F)CC5)cc4F)c(F)c3)CC2)c1F. The molecule has 4 aromatic rings. The molecule has 48 heavy (non-hydrogen) atoms. The van der Waals surface area contributed by atoms with Gasteiger partial charge in [0.05, 0.1) is 29.4 Å². The minimum atomic E-state index is -4.41. The van der Waals surface area contributed by atoms with E-state index in [4.69, 9.17) is 0 Å². The lowest BCUT2D eigenvalue weighted by atomic mass is 10.1. The maximum Gasteiger partial charge on any atom is 0.305 e. The molecule has 0 unspecified atom stereocenters. The molecule has 2 aliphatic carbocycles. The van der Waals surface area contributed by atoms with E-state index in [0.29, 0.717) is 21.6 Å². The van der Waals surface area contributed by atoms with Crippen molar-refractivity contribution in [2.75, 3.05) is 0 Å². The standard InChI is InChI=1S/C30H20F4N2O8S4/c31-21-15-17(47(41,42)29(11-12-29)19-3-1-5-23(27(19)33)35(37)38)7-9-25(21)45-46-26-10-8-18(16-22(26)32)48(43,44)30(13-14-30)20-4-2-6-24(28(20)34)36(39)40/h1-10,15-16H,11-14H2. The average molecular weight is 741 g/mol. The summed E-state index contributed by atoms with van der Waals surface area (Å²) in [5, 5.41) is 22.4. The number of nitro groups is 2. The Kier molecular flexibility index (Phi) is 8.37. The number of benzene rings is 4. The highest BCUT2D eigenvalue weighted by molar-refractivity contribution is 8.76. The Hall–Kier alpha value is -4.00.